The Labute approximate surface area is 111 Å². The van der Waals surface area contributed by atoms with Gasteiger partial charge in [-0.1, -0.05) is 0 Å². The van der Waals surface area contributed by atoms with Crippen molar-refractivity contribution >= 4 is 38.0 Å². The molecule has 0 unspecified atom stereocenters. The summed E-state index contributed by atoms with van der Waals surface area (Å²) in [5.74, 6) is -0.277. The highest BCUT2D eigenvalue weighted by Gasteiger charge is 2.15. The molecular formula is C12H10N2O2S2. The molecule has 0 saturated heterocycles. The molecule has 0 spiro atoms. The zero-order valence-corrected chi connectivity index (χ0v) is 11.5. The quantitative estimate of drug-likeness (QED) is 0.676. The van der Waals surface area contributed by atoms with Crippen molar-refractivity contribution in [2.75, 3.05) is 7.11 Å². The van der Waals surface area contributed by atoms with E-state index in [1.165, 1.54) is 18.4 Å². The fourth-order valence-corrected chi connectivity index (χ4v) is 4.12. The smallest absolute Gasteiger partial charge is 0.348 e. The van der Waals surface area contributed by atoms with Crippen LogP contribution in [0, 0.1) is 0 Å². The van der Waals surface area contributed by atoms with E-state index in [4.69, 9.17) is 4.74 Å². The van der Waals surface area contributed by atoms with Crippen LogP contribution in [0.25, 0.3) is 20.5 Å². The standard InChI is InChI=1S/C12H10N2O2S2/c1-14-5-7(4-13-14)8-6-17-9-3-10(12(15)16-2)18-11(8)9/h3-6H,1-2H3. The molecule has 0 radical (unpaired) electrons. The number of rotatable bonds is 2. The second-order valence-electron chi connectivity index (χ2n) is 3.85. The van der Waals surface area contributed by atoms with Crippen molar-refractivity contribution in [3.8, 4) is 11.1 Å². The molecule has 0 aromatic carbocycles. The molecule has 0 aliphatic carbocycles. The molecule has 3 aromatic rings. The lowest BCUT2D eigenvalue weighted by molar-refractivity contribution is 0.0606. The molecule has 0 bridgehead atoms. The summed E-state index contributed by atoms with van der Waals surface area (Å²) in [7, 11) is 3.29. The lowest BCUT2D eigenvalue weighted by Gasteiger charge is -1.93. The molecule has 3 rings (SSSR count). The van der Waals surface area contributed by atoms with Crippen molar-refractivity contribution in [3.05, 3.63) is 28.7 Å². The summed E-state index contributed by atoms with van der Waals surface area (Å²) < 4.78 is 8.75. The summed E-state index contributed by atoms with van der Waals surface area (Å²) >= 11 is 3.10. The van der Waals surface area contributed by atoms with E-state index in [0.717, 1.165) is 20.5 Å². The lowest BCUT2D eigenvalue weighted by atomic mass is 10.2. The van der Waals surface area contributed by atoms with Crippen LogP contribution in [0.15, 0.2) is 23.8 Å². The number of esters is 1. The van der Waals surface area contributed by atoms with E-state index in [-0.39, 0.29) is 5.97 Å². The Morgan fingerprint density at radius 1 is 1.50 bits per heavy atom. The van der Waals surface area contributed by atoms with Crippen molar-refractivity contribution < 1.29 is 9.53 Å². The van der Waals surface area contributed by atoms with Gasteiger partial charge in [-0.05, 0) is 6.07 Å². The number of carbonyl (C=O) groups is 1. The summed E-state index contributed by atoms with van der Waals surface area (Å²) in [6.45, 7) is 0. The minimum Gasteiger partial charge on any atom is -0.465 e. The molecule has 0 aliphatic heterocycles. The number of aromatic nitrogens is 2. The molecule has 0 fully saturated rings. The highest BCUT2D eigenvalue weighted by Crippen LogP contribution is 2.39. The maximum Gasteiger partial charge on any atom is 0.348 e. The molecule has 4 nitrogen and oxygen atoms in total. The number of fused-ring (bicyclic) bond motifs is 1. The minimum atomic E-state index is -0.277. The largest absolute Gasteiger partial charge is 0.465 e. The van der Waals surface area contributed by atoms with Crippen molar-refractivity contribution in [2.24, 2.45) is 7.05 Å². The van der Waals surface area contributed by atoms with Gasteiger partial charge in [0.2, 0.25) is 0 Å². The van der Waals surface area contributed by atoms with Crippen LogP contribution in [0.1, 0.15) is 9.67 Å². The van der Waals surface area contributed by atoms with Crippen LogP contribution in [0.4, 0.5) is 0 Å². The zero-order valence-electron chi connectivity index (χ0n) is 9.84. The van der Waals surface area contributed by atoms with E-state index in [1.807, 2.05) is 25.5 Å². The van der Waals surface area contributed by atoms with Gasteiger partial charge in [0.05, 0.1) is 18.0 Å². The molecule has 0 saturated carbocycles. The molecule has 6 heteroatoms. The Kier molecular flexibility index (Phi) is 2.68. The maximum absolute atomic E-state index is 11.5. The Hall–Kier alpha value is -1.66. The predicted octanol–water partition coefficient (Wildman–Crippen LogP) is 3.15. The SMILES string of the molecule is COC(=O)c1cc2scc(-c3cnn(C)c3)c2s1. The number of hydrogen-bond donors (Lipinski definition) is 0. The topological polar surface area (TPSA) is 44.1 Å². The first-order valence-electron chi connectivity index (χ1n) is 5.27. The number of carbonyl (C=O) groups excluding carboxylic acids is 1. The van der Waals surface area contributed by atoms with Crippen LogP contribution in [0.2, 0.25) is 0 Å². The molecule has 0 atom stereocenters. The van der Waals surface area contributed by atoms with Crippen LogP contribution in [-0.4, -0.2) is 22.9 Å². The van der Waals surface area contributed by atoms with Gasteiger partial charge in [-0.3, -0.25) is 4.68 Å². The van der Waals surface area contributed by atoms with Crippen LogP contribution < -0.4 is 0 Å². The van der Waals surface area contributed by atoms with E-state index >= 15 is 0 Å². The van der Waals surface area contributed by atoms with Crippen LogP contribution in [0.5, 0.6) is 0 Å². The Morgan fingerprint density at radius 3 is 3.00 bits per heavy atom. The van der Waals surface area contributed by atoms with Gasteiger partial charge in [0.1, 0.15) is 4.88 Å². The van der Waals surface area contributed by atoms with Crippen LogP contribution >= 0.6 is 22.7 Å². The number of nitrogens with zero attached hydrogens (tertiary/aromatic N) is 2. The molecule has 92 valence electrons. The number of methoxy groups -OCH3 is 1. The molecule has 3 heterocycles. The van der Waals surface area contributed by atoms with E-state index < -0.39 is 0 Å². The maximum atomic E-state index is 11.5. The average molecular weight is 278 g/mol. The summed E-state index contributed by atoms with van der Waals surface area (Å²) in [6, 6.07) is 1.89. The molecule has 18 heavy (non-hydrogen) atoms. The van der Waals surface area contributed by atoms with Gasteiger partial charge in [0.15, 0.2) is 0 Å². The summed E-state index contributed by atoms with van der Waals surface area (Å²) in [4.78, 5) is 12.2. The van der Waals surface area contributed by atoms with Gasteiger partial charge in [0.25, 0.3) is 0 Å². The van der Waals surface area contributed by atoms with Crippen LogP contribution in [0.3, 0.4) is 0 Å². The lowest BCUT2D eigenvalue weighted by Crippen LogP contribution is -1.96. The fraction of sp³-hybridized carbons (Fsp3) is 0.167. The summed E-state index contributed by atoms with van der Waals surface area (Å²) in [5.41, 5.74) is 2.20. The van der Waals surface area contributed by atoms with Gasteiger partial charge in [-0.2, -0.15) is 5.10 Å². The summed E-state index contributed by atoms with van der Waals surface area (Å²) in [6.07, 6.45) is 3.80. The first kappa shape index (κ1) is 11.4. The van der Waals surface area contributed by atoms with E-state index in [9.17, 15) is 4.79 Å². The van der Waals surface area contributed by atoms with E-state index in [2.05, 4.69) is 10.5 Å². The number of hydrogen-bond acceptors (Lipinski definition) is 5. The third kappa shape index (κ3) is 1.74. The predicted molar refractivity (Wildman–Crippen MR) is 73.2 cm³/mol. The zero-order chi connectivity index (χ0) is 12.7. The van der Waals surface area contributed by atoms with Crippen molar-refractivity contribution in [2.45, 2.75) is 0 Å². The molecular weight excluding hydrogens is 268 g/mol. The number of ether oxygens (including phenoxy) is 1. The minimum absolute atomic E-state index is 0.277. The monoisotopic (exact) mass is 278 g/mol. The molecule has 0 aliphatic rings. The highest BCUT2D eigenvalue weighted by molar-refractivity contribution is 7.28. The Balaban J connectivity index is 2.13. The third-order valence-electron chi connectivity index (χ3n) is 2.65. The van der Waals surface area contributed by atoms with Crippen molar-refractivity contribution in [3.63, 3.8) is 0 Å². The molecule has 0 amide bonds. The Bertz CT molecular complexity index is 723. The number of thiophene rings is 2. The van der Waals surface area contributed by atoms with E-state index in [1.54, 1.807) is 16.0 Å². The van der Waals surface area contributed by atoms with Gasteiger partial charge in [0, 0.05) is 34.5 Å². The second kappa shape index (κ2) is 4.22. The van der Waals surface area contributed by atoms with Crippen molar-refractivity contribution in [1.82, 2.24) is 9.78 Å². The normalized spacial score (nSPS) is 11.0. The van der Waals surface area contributed by atoms with E-state index in [0.29, 0.717) is 4.88 Å². The summed E-state index contributed by atoms with van der Waals surface area (Å²) in [5, 5.41) is 6.27. The van der Waals surface area contributed by atoms with Gasteiger partial charge in [-0.25, -0.2) is 4.79 Å². The van der Waals surface area contributed by atoms with Gasteiger partial charge in [-0.15, -0.1) is 22.7 Å². The fourth-order valence-electron chi connectivity index (χ4n) is 1.79. The third-order valence-corrected chi connectivity index (χ3v) is 4.86. The first-order valence-corrected chi connectivity index (χ1v) is 6.97. The average Bonchev–Trinajstić information content (AvgIpc) is 3.02. The number of aryl methyl sites for hydroxylation is 1. The second-order valence-corrected chi connectivity index (χ2v) is 5.81. The first-order chi connectivity index (χ1) is 8.69. The van der Waals surface area contributed by atoms with Crippen molar-refractivity contribution in [1.29, 1.82) is 0 Å². The molecule has 3 aromatic heterocycles. The molecule has 0 N–H and O–H groups in total. The van der Waals surface area contributed by atoms with Gasteiger partial charge >= 0.3 is 5.97 Å². The van der Waals surface area contributed by atoms with Gasteiger partial charge < -0.3 is 4.74 Å². The highest BCUT2D eigenvalue weighted by atomic mass is 32.1. The van der Waals surface area contributed by atoms with Crippen LogP contribution in [-0.2, 0) is 11.8 Å². The Morgan fingerprint density at radius 2 is 2.33 bits per heavy atom.